The highest BCUT2D eigenvalue weighted by atomic mass is 16.4. The molecule has 1 amide bonds. The molecule has 1 rings (SSSR count). The van der Waals surface area contributed by atoms with Gasteiger partial charge >= 0.3 is 5.97 Å². The van der Waals surface area contributed by atoms with Gasteiger partial charge in [0.15, 0.2) is 0 Å². The van der Waals surface area contributed by atoms with Crippen LogP contribution in [-0.2, 0) is 9.59 Å². The molecule has 0 spiro atoms. The van der Waals surface area contributed by atoms with Crippen molar-refractivity contribution in [2.45, 2.75) is 71.3 Å². The van der Waals surface area contributed by atoms with E-state index in [1.165, 1.54) is 25.7 Å². The second-order valence-corrected chi connectivity index (χ2v) is 6.15. The monoisotopic (exact) mass is 269 g/mol. The standard InChI is InChI=1S/C15H27NO3/c1-11(2)9-13(15(18)19)16-14(17)10-12-7-5-3-4-6-8-12/h11-13H,3-10H2,1-2H3,(H,16,17)(H,18,19)/t13-/m0/s1. The number of carbonyl (C=O) groups is 2. The molecule has 4 nitrogen and oxygen atoms in total. The lowest BCUT2D eigenvalue weighted by atomic mass is 9.96. The highest BCUT2D eigenvalue weighted by molar-refractivity contribution is 5.83. The van der Waals surface area contributed by atoms with Gasteiger partial charge in [-0.3, -0.25) is 4.79 Å². The molecule has 110 valence electrons. The van der Waals surface area contributed by atoms with Crippen LogP contribution in [0.25, 0.3) is 0 Å². The summed E-state index contributed by atoms with van der Waals surface area (Å²) < 4.78 is 0. The van der Waals surface area contributed by atoms with Gasteiger partial charge in [0.1, 0.15) is 6.04 Å². The van der Waals surface area contributed by atoms with Crippen LogP contribution in [0.2, 0.25) is 0 Å². The molecular formula is C15H27NO3. The fourth-order valence-corrected chi connectivity index (χ4v) is 2.78. The molecule has 0 bridgehead atoms. The van der Waals surface area contributed by atoms with E-state index in [9.17, 15) is 9.59 Å². The van der Waals surface area contributed by atoms with Crippen LogP contribution in [-0.4, -0.2) is 23.0 Å². The second kappa shape index (κ2) is 8.18. The van der Waals surface area contributed by atoms with Crippen LogP contribution in [0, 0.1) is 11.8 Å². The van der Waals surface area contributed by atoms with Crippen molar-refractivity contribution < 1.29 is 14.7 Å². The zero-order valence-electron chi connectivity index (χ0n) is 12.2. The fourth-order valence-electron chi connectivity index (χ4n) is 2.78. The van der Waals surface area contributed by atoms with E-state index >= 15 is 0 Å². The Morgan fingerprint density at radius 3 is 2.21 bits per heavy atom. The summed E-state index contributed by atoms with van der Waals surface area (Å²) in [6.07, 6.45) is 8.13. The third kappa shape index (κ3) is 6.60. The van der Waals surface area contributed by atoms with Crippen LogP contribution in [0.3, 0.4) is 0 Å². The van der Waals surface area contributed by atoms with E-state index in [0.29, 0.717) is 18.8 Å². The summed E-state index contributed by atoms with van der Waals surface area (Å²) >= 11 is 0. The first-order chi connectivity index (χ1) is 8.99. The summed E-state index contributed by atoms with van der Waals surface area (Å²) in [6.45, 7) is 3.93. The van der Waals surface area contributed by atoms with Crippen molar-refractivity contribution in [1.82, 2.24) is 5.32 Å². The molecule has 0 unspecified atom stereocenters. The van der Waals surface area contributed by atoms with E-state index in [-0.39, 0.29) is 11.8 Å². The first kappa shape index (κ1) is 16.0. The molecule has 0 heterocycles. The van der Waals surface area contributed by atoms with Crippen LogP contribution in [0.4, 0.5) is 0 Å². The van der Waals surface area contributed by atoms with Crippen molar-refractivity contribution >= 4 is 11.9 Å². The Bertz CT molecular complexity index is 294. The number of rotatable bonds is 6. The maximum atomic E-state index is 11.9. The van der Waals surface area contributed by atoms with Gasteiger partial charge in [-0.1, -0.05) is 39.5 Å². The molecule has 0 aliphatic heterocycles. The SMILES string of the molecule is CC(C)C[C@H](NC(=O)CC1CCCCCC1)C(=O)O. The number of nitrogens with one attached hydrogen (secondary N) is 1. The van der Waals surface area contributed by atoms with Gasteiger partial charge in [0.2, 0.25) is 5.91 Å². The Balaban J connectivity index is 2.40. The lowest BCUT2D eigenvalue weighted by molar-refractivity contribution is -0.142. The predicted molar refractivity (Wildman–Crippen MR) is 74.8 cm³/mol. The van der Waals surface area contributed by atoms with Crippen molar-refractivity contribution in [2.75, 3.05) is 0 Å². The largest absolute Gasteiger partial charge is 0.480 e. The molecule has 0 aromatic heterocycles. The van der Waals surface area contributed by atoms with Gasteiger partial charge in [-0.15, -0.1) is 0 Å². The third-order valence-electron chi connectivity index (χ3n) is 3.79. The fraction of sp³-hybridized carbons (Fsp3) is 0.867. The van der Waals surface area contributed by atoms with Crippen LogP contribution >= 0.6 is 0 Å². The van der Waals surface area contributed by atoms with Crippen molar-refractivity contribution in [1.29, 1.82) is 0 Å². The summed E-state index contributed by atoms with van der Waals surface area (Å²) in [4.78, 5) is 23.0. The molecule has 0 saturated heterocycles. The van der Waals surface area contributed by atoms with Crippen LogP contribution < -0.4 is 5.32 Å². The number of hydrogen-bond donors (Lipinski definition) is 2. The molecule has 1 aliphatic rings. The highest BCUT2D eigenvalue weighted by Crippen LogP contribution is 2.25. The van der Waals surface area contributed by atoms with Crippen molar-refractivity contribution in [3.8, 4) is 0 Å². The Hall–Kier alpha value is -1.06. The number of aliphatic carboxylic acids is 1. The molecule has 1 fully saturated rings. The number of carbonyl (C=O) groups excluding carboxylic acids is 1. The van der Waals surface area contributed by atoms with E-state index in [1.807, 2.05) is 13.8 Å². The minimum atomic E-state index is -0.928. The number of carboxylic acids is 1. The molecular weight excluding hydrogens is 242 g/mol. The Labute approximate surface area is 116 Å². The van der Waals surface area contributed by atoms with Crippen LogP contribution in [0.5, 0.6) is 0 Å². The Kier molecular flexibility index (Phi) is 6.89. The van der Waals surface area contributed by atoms with E-state index in [4.69, 9.17) is 5.11 Å². The molecule has 4 heteroatoms. The number of carboxylic acid groups (broad SMARTS) is 1. The van der Waals surface area contributed by atoms with Crippen LogP contribution in [0.1, 0.15) is 65.2 Å². The van der Waals surface area contributed by atoms with E-state index in [1.54, 1.807) is 0 Å². The van der Waals surface area contributed by atoms with E-state index in [2.05, 4.69) is 5.32 Å². The molecule has 0 radical (unpaired) electrons. The van der Waals surface area contributed by atoms with Crippen molar-refractivity contribution in [3.05, 3.63) is 0 Å². The quantitative estimate of drug-likeness (QED) is 0.728. The molecule has 1 atom stereocenters. The summed E-state index contributed by atoms with van der Waals surface area (Å²) in [5, 5.41) is 11.8. The Morgan fingerprint density at radius 1 is 1.16 bits per heavy atom. The summed E-state index contributed by atoms with van der Waals surface area (Å²) in [5.74, 6) is -0.321. The molecule has 0 aromatic carbocycles. The zero-order chi connectivity index (χ0) is 14.3. The maximum Gasteiger partial charge on any atom is 0.326 e. The summed E-state index contributed by atoms with van der Waals surface area (Å²) in [6, 6.07) is -0.738. The number of amides is 1. The zero-order valence-corrected chi connectivity index (χ0v) is 12.2. The average molecular weight is 269 g/mol. The maximum absolute atomic E-state index is 11.9. The predicted octanol–water partition coefficient (Wildman–Crippen LogP) is 2.96. The molecule has 1 saturated carbocycles. The third-order valence-corrected chi connectivity index (χ3v) is 3.79. The first-order valence-electron chi connectivity index (χ1n) is 7.51. The number of hydrogen-bond acceptors (Lipinski definition) is 2. The second-order valence-electron chi connectivity index (χ2n) is 6.15. The average Bonchev–Trinajstić information content (AvgIpc) is 2.56. The van der Waals surface area contributed by atoms with E-state index < -0.39 is 12.0 Å². The van der Waals surface area contributed by atoms with Gasteiger partial charge in [0.05, 0.1) is 0 Å². The summed E-state index contributed by atoms with van der Waals surface area (Å²) in [5.41, 5.74) is 0. The lowest BCUT2D eigenvalue weighted by Gasteiger charge is -2.19. The minimum absolute atomic E-state index is 0.0973. The van der Waals surface area contributed by atoms with Gasteiger partial charge in [0.25, 0.3) is 0 Å². The highest BCUT2D eigenvalue weighted by Gasteiger charge is 2.23. The van der Waals surface area contributed by atoms with Gasteiger partial charge in [-0.05, 0) is 31.1 Å². The lowest BCUT2D eigenvalue weighted by Crippen LogP contribution is -2.42. The van der Waals surface area contributed by atoms with Gasteiger partial charge in [-0.25, -0.2) is 4.79 Å². The van der Waals surface area contributed by atoms with E-state index in [0.717, 1.165) is 12.8 Å². The van der Waals surface area contributed by atoms with Crippen LogP contribution in [0.15, 0.2) is 0 Å². The smallest absolute Gasteiger partial charge is 0.326 e. The minimum Gasteiger partial charge on any atom is -0.480 e. The first-order valence-corrected chi connectivity index (χ1v) is 7.51. The van der Waals surface area contributed by atoms with Gasteiger partial charge in [-0.2, -0.15) is 0 Å². The molecule has 1 aliphatic carbocycles. The molecule has 2 N–H and O–H groups in total. The molecule has 19 heavy (non-hydrogen) atoms. The van der Waals surface area contributed by atoms with Gasteiger partial charge < -0.3 is 10.4 Å². The topological polar surface area (TPSA) is 66.4 Å². The Morgan fingerprint density at radius 2 is 1.74 bits per heavy atom. The van der Waals surface area contributed by atoms with Crippen molar-refractivity contribution in [2.24, 2.45) is 11.8 Å². The summed E-state index contributed by atoms with van der Waals surface area (Å²) in [7, 11) is 0. The van der Waals surface area contributed by atoms with Crippen molar-refractivity contribution in [3.63, 3.8) is 0 Å². The molecule has 0 aromatic rings. The normalized spacial score (nSPS) is 18.9. The van der Waals surface area contributed by atoms with Gasteiger partial charge in [0, 0.05) is 6.42 Å².